The zero-order chi connectivity index (χ0) is 12.5. The van der Waals surface area contributed by atoms with Gasteiger partial charge in [0, 0.05) is 25.7 Å². The standard InChI is InChI=1S/C14H22N2O/c1-11-3-5-12(6-4-11)13(9-15)16-8-7-14(2,17)10-16/h3-6,13,17H,7-10,15H2,1-2H3. The van der Waals surface area contributed by atoms with Gasteiger partial charge in [-0.15, -0.1) is 0 Å². The summed E-state index contributed by atoms with van der Waals surface area (Å²) < 4.78 is 0. The minimum Gasteiger partial charge on any atom is -0.389 e. The number of likely N-dealkylation sites (tertiary alicyclic amines) is 1. The van der Waals surface area contributed by atoms with Crippen LogP contribution in [0, 0.1) is 6.92 Å². The van der Waals surface area contributed by atoms with E-state index in [0.29, 0.717) is 13.1 Å². The Balaban J connectivity index is 2.14. The summed E-state index contributed by atoms with van der Waals surface area (Å²) in [4.78, 5) is 2.28. The molecule has 0 amide bonds. The fourth-order valence-electron chi connectivity index (χ4n) is 2.53. The van der Waals surface area contributed by atoms with Crippen LogP contribution in [0.25, 0.3) is 0 Å². The molecule has 2 unspecified atom stereocenters. The highest BCUT2D eigenvalue weighted by molar-refractivity contribution is 5.24. The molecule has 0 aliphatic carbocycles. The van der Waals surface area contributed by atoms with E-state index in [1.807, 2.05) is 6.92 Å². The van der Waals surface area contributed by atoms with E-state index in [1.54, 1.807) is 0 Å². The molecule has 3 N–H and O–H groups in total. The first-order valence-corrected chi connectivity index (χ1v) is 6.25. The molecule has 0 aromatic heterocycles. The summed E-state index contributed by atoms with van der Waals surface area (Å²) in [5, 5.41) is 10.0. The summed E-state index contributed by atoms with van der Waals surface area (Å²) in [7, 11) is 0. The van der Waals surface area contributed by atoms with E-state index < -0.39 is 5.60 Å². The Labute approximate surface area is 103 Å². The van der Waals surface area contributed by atoms with Gasteiger partial charge in [0.05, 0.1) is 5.60 Å². The molecule has 94 valence electrons. The van der Waals surface area contributed by atoms with Gasteiger partial charge in [0.2, 0.25) is 0 Å². The van der Waals surface area contributed by atoms with Crippen molar-refractivity contribution in [3.8, 4) is 0 Å². The largest absolute Gasteiger partial charge is 0.389 e. The van der Waals surface area contributed by atoms with Gasteiger partial charge in [0.15, 0.2) is 0 Å². The van der Waals surface area contributed by atoms with E-state index in [2.05, 4.69) is 36.1 Å². The third-order valence-electron chi connectivity index (χ3n) is 3.61. The molecule has 1 heterocycles. The van der Waals surface area contributed by atoms with Crippen molar-refractivity contribution < 1.29 is 5.11 Å². The first kappa shape index (κ1) is 12.6. The molecule has 1 aliphatic rings. The van der Waals surface area contributed by atoms with Crippen molar-refractivity contribution in [2.24, 2.45) is 5.73 Å². The highest BCUT2D eigenvalue weighted by Gasteiger charge is 2.34. The second-order valence-corrected chi connectivity index (χ2v) is 5.38. The van der Waals surface area contributed by atoms with Crippen LogP contribution in [0.15, 0.2) is 24.3 Å². The number of hydrogen-bond acceptors (Lipinski definition) is 3. The lowest BCUT2D eigenvalue weighted by molar-refractivity contribution is 0.0626. The number of nitrogens with two attached hydrogens (primary N) is 1. The first-order valence-electron chi connectivity index (χ1n) is 6.25. The third-order valence-corrected chi connectivity index (χ3v) is 3.61. The summed E-state index contributed by atoms with van der Waals surface area (Å²) in [6.07, 6.45) is 0.829. The summed E-state index contributed by atoms with van der Waals surface area (Å²) in [6.45, 7) is 6.21. The van der Waals surface area contributed by atoms with E-state index in [-0.39, 0.29) is 6.04 Å². The maximum atomic E-state index is 10.0. The minimum absolute atomic E-state index is 0.226. The summed E-state index contributed by atoms with van der Waals surface area (Å²) in [5.41, 5.74) is 7.84. The lowest BCUT2D eigenvalue weighted by atomic mass is 10.0. The number of hydrogen-bond donors (Lipinski definition) is 2. The van der Waals surface area contributed by atoms with Crippen LogP contribution < -0.4 is 5.73 Å². The summed E-state index contributed by atoms with van der Waals surface area (Å²) in [6, 6.07) is 8.74. The normalized spacial score (nSPS) is 27.3. The quantitative estimate of drug-likeness (QED) is 0.832. The van der Waals surface area contributed by atoms with Gasteiger partial charge < -0.3 is 10.8 Å². The van der Waals surface area contributed by atoms with E-state index in [1.165, 1.54) is 11.1 Å². The van der Waals surface area contributed by atoms with Gasteiger partial charge >= 0.3 is 0 Å². The molecule has 1 aliphatic heterocycles. The molecule has 2 rings (SSSR count). The number of rotatable bonds is 3. The van der Waals surface area contributed by atoms with Crippen LogP contribution >= 0.6 is 0 Å². The monoisotopic (exact) mass is 234 g/mol. The Bertz CT molecular complexity index is 372. The van der Waals surface area contributed by atoms with Crippen molar-refractivity contribution in [2.75, 3.05) is 19.6 Å². The SMILES string of the molecule is Cc1ccc(C(CN)N2CCC(C)(O)C2)cc1. The van der Waals surface area contributed by atoms with E-state index >= 15 is 0 Å². The number of nitrogens with zero attached hydrogens (tertiary/aromatic N) is 1. The lowest BCUT2D eigenvalue weighted by Crippen LogP contribution is -2.35. The summed E-state index contributed by atoms with van der Waals surface area (Å²) in [5.74, 6) is 0. The van der Waals surface area contributed by atoms with Gasteiger partial charge in [-0.3, -0.25) is 4.90 Å². The zero-order valence-electron chi connectivity index (χ0n) is 10.7. The van der Waals surface area contributed by atoms with Gasteiger partial charge in [0.25, 0.3) is 0 Å². The first-order chi connectivity index (χ1) is 8.02. The minimum atomic E-state index is -0.557. The second-order valence-electron chi connectivity index (χ2n) is 5.38. The molecule has 1 aromatic rings. The highest BCUT2D eigenvalue weighted by Crippen LogP contribution is 2.29. The van der Waals surface area contributed by atoms with Gasteiger partial charge in [-0.25, -0.2) is 0 Å². The predicted octanol–water partition coefficient (Wildman–Crippen LogP) is 1.45. The Morgan fingerprint density at radius 2 is 2.06 bits per heavy atom. The van der Waals surface area contributed by atoms with Crippen molar-refractivity contribution in [3.63, 3.8) is 0 Å². The van der Waals surface area contributed by atoms with Crippen molar-refractivity contribution in [2.45, 2.75) is 31.9 Å². The molecule has 3 nitrogen and oxygen atoms in total. The number of benzene rings is 1. The van der Waals surface area contributed by atoms with Gasteiger partial charge in [-0.1, -0.05) is 29.8 Å². The Morgan fingerprint density at radius 3 is 2.53 bits per heavy atom. The topological polar surface area (TPSA) is 49.5 Å². The molecule has 0 radical (unpaired) electrons. The van der Waals surface area contributed by atoms with Crippen LogP contribution in [-0.2, 0) is 0 Å². The van der Waals surface area contributed by atoms with Crippen LogP contribution in [0.1, 0.15) is 30.5 Å². The van der Waals surface area contributed by atoms with Gasteiger partial charge in [0.1, 0.15) is 0 Å². The molecule has 1 fully saturated rings. The third kappa shape index (κ3) is 2.86. The van der Waals surface area contributed by atoms with Crippen LogP contribution in [0.4, 0.5) is 0 Å². The van der Waals surface area contributed by atoms with Gasteiger partial charge in [-0.05, 0) is 25.8 Å². The zero-order valence-corrected chi connectivity index (χ0v) is 10.7. The molecule has 0 saturated carbocycles. The van der Waals surface area contributed by atoms with Crippen LogP contribution in [0.5, 0.6) is 0 Å². The Hall–Kier alpha value is -0.900. The van der Waals surface area contributed by atoms with E-state index in [0.717, 1.165) is 13.0 Å². The highest BCUT2D eigenvalue weighted by atomic mass is 16.3. The lowest BCUT2D eigenvalue weighted by Gasteiger charge is -2.28. The smallest absolute Gasteiger partial charge is 0.0758 e. The van der Waals surface area contributed by atoms with E-state index in [9.17, 15) is 5.11 Å². The molecule has 1 saturated heterocycles. The average molecular weight is 234 g/mol. The van der Waals surface area contributed by atoms with Crippen LogP contribution in [0.3, 0.4) is 0 Å². The molecule has 1 aromatic carbocycles. The van der Waals surface area contributed by atoms with Crippen molar-refractivity contribution in [3.05, 3.63) is 35.4 Å². The van der Waals surface area contributed by atoms with Crippen molar-refractivity contribution >= 4 is 0 Å². The second kappa shape index (κ2) is 4.77. The van der Waals surface area contributed by atoms with Gasteiger partial charge in [-0.2, -0.15) is 0 Å². The molecular weight excluding hydrogens is 212 g/mol. The number of aliphatic hydroxyl groups is 1. The maximum absolute atomic E-state index is 10.0. The molecule has 2 atom stereocenters. The summed E-state index contributed by atoms with van der Waals surface area (Å²) >= 11 is 0. The fraction of sp³-hybridized carbons (Fsp3) is 0.571. The van der Waals surface area contributed by atoms with Crippen LogP contribution in [0.2, 0.25) is 0 Å². The van der Waals surface area contributed by atoms with Crippen LogP contribution in [-0.4, -0.2) is 35.2 Å². The average Bonchev–Trinajstić information content (AvgIpc) is 2.63. The molecular formula is C14H22N2O. The van der Waals surface area contributed by atoms with Crippen molar-refractivity contribution in [1.82, 2.24) is 4.90 Å². The predicted molar refractivity (Wildman–Crippen MR) is 69.8 cm³/mol. The maximum Gasteiger partial charge on any atom is 0.0758 e. The number of aryl methyl sites for hydroxylation is 1. The Kier molecular flexibility index (Phi) is 3.52. The molecule has 0 spiro atoms. The molecule has 3 heteroatoms. The molecule has 17 heavy (non-hydrogen) atoms. The fourth-order valence-corrected chi connectivity index (χ4v) is 2.53. The van der Waals surface area contributed by atoms with Crippen molar-refractivity contribution in [1.29, 1.82) is 0 Å². The van der Waals surface area contributed by atoms with E-state index in [4.69, 9.17) is 5.73 Å². The Morgan fingerprint density at radius 1 is 1.41 bits per heavy atom. The molecule has 0 bridgehead atoms. The number of β-amino-alcohol motifs (C(OH)–C–C–N with tert-alkyl or cyclic N) is 1.